The van der Waals surface area contributed by atoms with Crippen molar-refractivity contribution in [3.63, 3.8) is 0 Å². The van der Waals surface area contributed by atoms with Gasteiger partial charge in [0, 0.05) is 5.41 Å². The first-order chi connectivity index (χ1) is 7.14. The van der Waals surface area contributed by atoms with E-state index in [1.165, 1.54) is 11.5 Å². The number of hydrogen-bond acceptors (Lipinski definition) is 2. The molecule has 0 unspecified atom stereocenters. The van der Waals surface area contributed by atoms with Crippen molar-refractivity contribution in [2.75, 3.05) is 0 Å². The van der Waals surface area contributed by atoms with E-state index in [1.807, 2.05) is 25.1 Å². The van der Waals surface area contributed by atoms with Crippen molar-refractivity contribution in [1.29, 1.82) is 0 Å². The summed E-state index contributed by atoms with van der Waals surface area (Å²) in [6.45, 7) is 1.84. The zero-order chi connectivity index (χ0) is 11.1. The predicted molar refractivity (Wildman–Crippen MR) is 63.0 cm³/mol. The standard InChI is InChI=1S/C12H14O2S/c1-2-3-7-10-15(13,14)11-12-8-5-4-6-9-12/h2-10H,11H2,1H3/b3-2+,10-7+. The quantitative estimate of drug-likeness (QED) is 0.734. The van der Waals surface area contributed by atoms with Gasteiger partial charge in [-0.25, -0.2) is 8.42 Å². The molecule has 0 bridgehead atoms. The Morgan fingerprint density at radius 2 is 1.80 bits per heavy atom. The van der Waals surface area contributed by atoms with E-state index in [0.29, 0.717) is 0 Å². The van der Waals surface area contributed by atoms with Gasteiger partial charge >= 0.3 is 0 Å². The van der Waals surface area contributed by atoms with Crippen LogP contribution in [0.25, 0.3) is 0 Å². The fraction of sp³-hybridized carbons (Fsp3) is 0.167. The molecule has 0 aliphatic rings. The molecule has 0 saturated carbocycles. The molecule has 1 rings (SSSR count). The molecule has 1 aromatic carbocycles. The first-order valence-electron chi connectivity index (χ1n) is 4.70. The predicted octanol–water partition coefficient (Wildman–Crippen LogP) is 2.69. The summed E-state index contributed by atoms with van der Waals surface area (Å²) in [4.78, 5) is 0. The van der Waals surface area contributed by atoms with E-state index in [2.05, 4.69) is 0 Å². The van der Waals surface area contributed by atoms with Crippen LogP contribution in [0, 0.1) is 0 Å². The van der Waals surface area contributed by atoms with E-state index in [9.17, 15) is 8.42 Å². The summed E-state index contributed by atoms with van der Waals surface area (Å²) >= 11 is 0. The summed E-state index contributed by atoms with van der Waals surface area (Å²) in [7, 11) is -3.14. The van der Waals surface area contributed by atoms with Crippen LogP contribution in [0.1, 0.15) is 12.5 Å². The lowest BCUT2D eigenvalue weighted by Gasteiger charge is -1.98. The van der Waals surface area contributed by atoms with Gasteiger partial charge in [-0.1, -0.05) is 48.6 Å². The summed E-state index contributed by atoms with van der Waals surface area (Å²) in [5.41, 5.74) is 0.808. The van der Waals surface area contributed by atoms with Gasteiger partial charge < -0.3 is 0 Å². The Morgan fingerprint density at radius 3 is 2.40 bits per heavy atom. The number of sulfone groups is 1. The second-order valence-electron chi connectivity index (χ2n) is 3.15. The Hall–Kier alpha value is -1.35. The molecule has 15 heavy (non-hydrogen) atoms. The van der Waals surface area contributed by atoms with Gasteiger partial charge in [-0.3, -0.25) is 0 Å². The highest BCUT2D eigenvalue weighted by Crippen LogP contribution is 2.06. The third kappa shape index (κ3) is 4.61. The first-order valence-corrected chi connectivity index (χ1v) is 6.41. The molecule has 0 aliphatic carbocycles. The van der Waals surface area contributed by atoms with Crippen LogP contribution < -0.4 is 0 Å². The van der Waals surface area contributed by atoms with Gasteiger partial charge in [0.15, 0.2) is 9.84 Å². The van der Waals surface area contributed by atoms with Crippen molar-refractivity contribution in [2.24, 2.45) is 0 Å². The highest BCUT2D eigenvalue weighted by Gasteiger charge is 2.05. The Balaban J connectivity index is 2.74. The molecular weight excluding hydrogens is 208 g/mol. The van der Waals surface area contributed by atoms with E-state index in [4.69, 9.17) is 0 Å². The van der Waals surface area contributed by atoms with Crippen LogP contribution in [0.4, 0.5) is 0 Å². The van der Waals surface area contributed by atoms with Crippen molar-refractivity contribution in [3.05, 3.63) is 59.5 Å². The maximum absolute atomic E-state index is 11.6. The van der Waals surface area contributed by atoms with Gasteiger partial charge in [0.05, 0.1) is 5.75 Å². The number of benzene rings is 1. The van der Waals surface area contributed by atoms with E-state index < -0.39 is 9.84 Å². The normalized spacial score (nSPS) is 12.6. The van der Waals surface area contributed by atoms with Crippen molar-refractivity contribution < 1.29 is 8.42 Å². The van der Waals surface area contributed by atoms with Crippen molar-refractivity contribution >= 4 is 9.84 Å². The molecule has 0 atom stereocenters. The maximum Gasteiger partial charge on any atom is 0.175 e. The molecule has 0 saturated heterocycles. The molecule has 0 aromatic heterocycles. The smallest absolute Gasteiger partial charge is 0.175 e. The van der Waals surface area contributed by atoms with Gasteiger partial charge in [0.25, 0.3) is 0 Å². The second-order valence-corrected chi connectivity index (χ2v) is 5.03. The zero-order valence-electron chi connectivity index (χ0n) is 8.63. The van der Waals surface area contributed by atoms with E-state index in [0.717, 1.165) is 5.56 Å². The summed E-state index contributed by atoms with van der Waals surface area (Å²) in [5, 5.41) is 1.24. The molecule has 2 nitrogen and oxygen atoms in total. The van der Waals surface area contributed by atoms with Gasteiger partial charge in [0.2, 0.25) is 0 Å². The Morgan fingerprint density at radius 1 is 1.13 bits per heavy atom. The number of hydrogen-bond donors (Lipinski definition) is 0. The molecule has 3 heteroatoms. The summed E-state index contributed by atoms with van der Waals surface area (Å²) in [5.74, 6) is 0.0574. The van der Waals surface area contributed by atoms with E-state index >= 15 is 0 Å². The number of rotatable bonds is 4. The summed E-state index contributed by atoms with van der Waals surface area (Å²) in [6, 6.07) is 9.15. The second kappa shape index (κ2) is 5.51. The van der Waals surface area contributed by atoms with Gasteiger partial charge in [0.1, 0.15) is 0 Å². The molecule has 0 aliphatic heterocycles. The molecule has 1 aromatic rings. The first kappa shape index (κ1) is 11.7. The maximum atomic E-state index is 11.6. The average molecular weight is 222 g/mol. The van der Waals surface area contributed by atoms with Crippen LogP contribution in [0.15, 0.2) is 54.0 Å². The monoisotopic (exact) mass is 222 g/mol. The summed E-state index contributed by atoms with van der Waals surface area (Å²) < 4.78 is 23.1. The van der Waals surface area contributed by atoms with Crippen molar-refractivity contribution in [3.8, 4) is 0 Å². The molecule has 0 N–H and O–H groups in total. The summed E-state index contributed by atoms with van der Waals surface area (Å²) in [6.07, 6.45) is 5.02. The molecule has 0 spiro atoms. The minimum Gasteiger partial charge on any atom is -0.224 e. The minimum atomic E-state index is -3.14. The fourth-order valence-electron chi connectivity index (χ4n) is 1.13. The van der Waals surface area contributed by atoms with Crippen LogP contribution in [0.2, 0.25) is 0 Å². The van der Waals surface area contributed by atoms with Gasteiger partial charge in [-0.2, -0.15) is 0 Å². The van der Waals surface area contributed by atoms with Crippen LogP contribution in [-0.4, -0.2) is 8.42 Å². The van der Waals surface area contributed by atoms with Crippen molar-refractivity contribution in [1.82, 2.24) is 0 Å². The van der Waals surface area contributed by atoms with E-state index in [1.54, 1.807) is 24.3 Å². The Labute approximate surface area is 90.9 Å². The Bertz CT molecular complexity index is 442. The highest BCUT2D eigenvalue weighted by molar-refractivity contribution is 7.93. The lowest BCUT2D eigenvalue weighted by molar-refractivity contribution is 0.604. The van der Waals surface area contributed by atoms with Gasteiger partial charge in [-0.05, 0) is 12.5 Å². The largest absolute Gasteiger partial charge is 0.224 e. The molecule has 80 valence electrons. The average Bonchev–Trinajstić information content (AvgIpc) is 2.18. The van der Waals surface area contributed by atoms with Crippen LogP contribution >= 0.6 is 0 Å². The van der Waals surface area contributed by atoms with Crippen LogP contribution in [0.3, 0.4) is 0 Å². The highest BCUT2D eigenvalue weighted by atomic mass is 32.2. The number of allylic oxidation sites excluding steroid dienone is 3. The lowest BCUT2D eigenvalue weighted by Crippen LogP contribution is -1.99. The molecule has 0 radical (unpaired) electrons. The minimum absolute atomic E-state index is 0.0574. The SMILES string of the molecule is C/C=C/C=C/S(=O)(=O)Cc1ccccc1. The zero-order valence-corrected chi connectivity index (χ0v) is 9.44. The van der Waals surface area contributed by atoms with E-state index in [-0.39, 0.29) is 5.75 Å². The Kier molecular flexibility index (Phi) is 4.31. The molecule has 0 fully saturated rings. The fourth-order valence-corrected chi connectivity index (χ4v) is 2.21. The van der Waals surface area contributed by atoms with Gasteiger partial charge in [-0.15, -0.1) is 0 Å². The van der Waals surface area contributed by atoms with Crippen LogP contribution in [-0.2, 0) is 15.6 Å². The third-order valence-electron chi connectivity index (χ3n) is 1.80. The van der Waals surface area contributed by atoms with Crippen LogP contribution in [0.5, 0.6) is 0 Å². The van der Waals surface area contributed by atoms with Crippen molar-refractivity contribution in [2.45, 2.75) is 12.7 Å². The molecular formula is C12H14O2S. The molecule has 0 amide bonds. The molecule has 0 heterocycles. The third-order valence-corrected chi connectivity index (χ3v) is 3.11. The topological polar surface area (TPSA) is 34.1 Å². The lowest BCUT2D eigenvalue weighted by atomic mass is 10.2.